The SMILES string of the molecule is CCCNC1COCC1c1nc(C(C)(CC)OCC)no1. The molecule has 3 unspecified atom stereocenters. The first-order valence-corrected chi connectivity index (χ1v) is 7.93. The lowest BCUT2D eigenvalue weighted by Gasteiger charge is -2.24. The van der Waals surface area contributed by atoms with Crippen LogP contribution in [0.5, 0.6) is 0 Å². The second kappa shape index (κ2) is 7.33. The van der Waals surface area contributed by atoms with Crippen molar-refractivity contribution in [2.24, 2.45) is 0 Å². The average molecular weight is 297 g/mol. The van der Waals surface area contributed by atoms with Crippen LogP contribution in [-0.4, -0.2) is 42.5 Å². The van der Waals surface area contributed by atoms with Crippen molar-refractivity contribution in [1.82, 2.24) is 15.5 Å². The van der Waals surface area contributed by atoms with Gasteiger partial charge in [-0.1, -0.05) is 19.0 Å². The van der Waals surface area contributed by atoms with E-state index in [2.05, 4.69) is 29.3 Å². The van der Waals surface area contributed by atoms with Crippen LogP contribution >= 0.6 is 0 Å². The molecule has 6 nitrogen and oxygen atoms in total. The van der Waals surface area contributed by atoms with E-state index in [1.54, 1.807) is 0 Å². The molecule has 21 heavy (non-hydrogen) atoms. The van der Waals surface area contributed by atoms with Crippen molar-refractivity contribution in [2.75, 3.05) is 26.4 Å². The van der Waals surface area contributed by atoms with Crippen LogP contribution in [0.25, 0.3) is 0 Å². The van der Waals surface area contributed by atoms with Gasteiger partial charge in [-0.05, 0) is 33.2 Å². The smallest absolute Gasteiger partial charge is 0.233 e. The van der Waals surface area contributed by atoms with Gasteiger partial charge in [0.25, 0.3) is 0 Å². The van der Waals surface area contributed by atoms with Crippen molar-refractivity contribution in [3.63, 3.8) is 0 Å². The Kier molecular flexibility index (Phi) is 5.72. The van der Waals surface area contributed by atoms with Gasteiger partial charge in [0.1, 0.15) is 5.60 Å². The summed E-state index contributed by atoms with van der Waals surface area (Å²) in [4.78, 5) is 4.59. The minimum absolute atomic E-state index is 0.125. The summed E-state index contributed by atoms with van der Waals surface area (Å²) in [5.74, 6) is 1.40. The van der Waals surface area contributed by atoms with E-state index in [4.69, 9.17) is 14.0 Å². The van der Waals surface area contributed by atoms with E-state index in [0.717, 1.165) is 19.4 Å². The highest BCUT2D eigenvalue weighted by Gasteiger charge is 2.36. The van der Waals surface area contributed by atoms with Crippen LogP contribution < -0.4 is 5.32 Å². The van der Waals surface area contributed by atoms with Gasteiger partial charge in [-0.15, -0.1) is 0 Å². The highest BCUT2D eigenvalue weighted by molar-refractivity contribution is 5.06. The highest BCUT2D eigenvalue weighted by Crippen LogP contribution is 2.30. The fraction of sp³-hybridized carbons (Fsp3) is 0.867. The van der Waals surface area contributed by atoms with Crippen LogP contribution in [-0.2, 0) is 15.1 Å². The van der Waals surface area contributed by atoms with E-state index in [1.807, 2.05) is 13.8 Å². The van der Waals surface area contributed by atoms with E-state index in [1.165, 1.54) is 0 Å². The summed E-state index contributed by atoms with van der Waals surface area (Å²) in [5.41, 5.74) is -0.484. The van der Waals surface area contributed by atoms with E-state index in [9.17, 15) is 0 Å². The van der Waals surface area contributed by atoms with E-state index >= 15 is 0 Å². The average Bonchev–Trinajstić information content (AvgIpc) is 3.13. The first-order valence-electron chi connectivity index (χ1n) is 7.93. The van der Waals surface area contributed by atoms with Gasteiger partial charge in [0.15, 0.2) is 0 Å². The fourth-order valence-corrected chi connectivity index (χ4v) is 2.57. The van der Waals surface area contributed by atoms with Crippen molar-refractivity contribution < 1.29 is 14.0 Å². The quantitative estimate of drug-likeness (QED) is 0.793. The summed E-state index contributed by atoms with van der Waals surface area (Å²) in [5, 5.41) is 7.63. The summed E-state index contributed by atoms with van der Waals surface area (Å²) in [7, 11) is 0. The molecule has 1 aliphatic heterocycles. The number of nitrogens with zero attached hydrogens (tertiary/aromatic N) is 2. The van der Waals surface area contributed by atoms with Gasteiger partial charge in [0.2, 0.25) is 11.7 Å². The first-order chi connectivity index (χ1) is 10.1. The minimum atomic E-state index is -0.484. The molecule has 120 valence electrons. The van der Waals surface area contributed by atoms with Crippen molar-refractivity contribution in [3.8, 4) is 0 Å². The molecular formula is C15H27N3O3. The highest BCUT2D eigenvalue weighted by atomic mass is 16.5. The molecule has 1 fully saturated rings. The van der Waals surface area contributed by atoms with Crippen LogP contribution in [0.15, 0.2) is 4.52 Å². The van der Waals surface area contributed by atoms with E-state index in [0.29, 0.717) is 31.5 Å². The summed E-state index contributed by atoms with van der Waals surface area (Å²) >= 11 is 0. The first kappa shape index (κ1) is 16.4. The van der Waals surface area contributed by atoms with Crippen LogP contribution in [0.4, 0.5) is 0 Å². The van der Waals surface area contributed by atoms with Crippen LogP contribution in [0.3, 0.4) is 0 Å². The van der Waals surface area contributed by atoms with Gasteiger partial charge in [-0.2, -0.15) is 4.98 Å². The third-order valence-electron chi connectivity index (χ3n) is 4.11. The number of rotatable bonds is 8. The fourth-order valence-electron chi connectivity index (χ4n) is 2.57. The lowest BCUT2D eigenvalue weighted by atomic mass is 10.0. The Morgan fingerprint density at radius 2 is 2.14 bits per heavy atom. The maximum absolute atomic E-state index is 5.80. The summed E-state index contributed by atoms with van der Waals surface area (Å²) < 4.78 is 16.9. The molecule has 2 rings (SSSR count). The maximum atomic E-state index is 5.80. The largest absolute Gasteiger partial charge is 0.379 e. The van der Waals surface area contributed by atoms with Gasteiger partial charge in [-0.3, -0.25) is 0 Å². The molecule has 1 saturated heterocycles. The zero-order chi connectivity index (χ0) is 15.3. The van der Waals surface area contributed by atoms with Gasteiger partial charge < -0.3 is 19.3 Å². The Morgan fingerprint density at radius 1 is 1.33 bits per heavy atom. The molecule has 1 aliphatic rings. The Labute approximate surface area is 126 Å². The molecule has 0 amide bonds. The monoisotopic (exact) mass is 297 g/mol. The molecule has 6 heteroatoms. The molecule has 0 radical (unpaired) electrons. The molecular weight excluding hydrogens is 270 g/mol. The number of ether oxygens (including phenoxy) is 2. The lowest BCUT2D eigenvalue weighted by molar-refractivity contribution is -0.0403. The molecule has 0 aromatic carbocycles. The number of hydrogen-bond donors (Lipinski definition) is 1. The summed E-state index contributed by atoms with van der Waals surface area (Å²) in [6.45, 7) is 11.1. The van der Waals surface area contributed by atoms with Crippen LogP contribution in [0.1, 0.15) is 58.2 Å². The predicted molar refractivity (Wildman–Crippen MR) is 79.2 cm³/mol. The Morgan fingerprint density at radius 3 is 2.81 bits per heavy atom. The topological polar surface area (TPSA) is 69.4 Å². The number of hydrogen-bond acceptors (Lipinski definition) is 6. The zero-order valence-electron chi connectivity index (χ0n) is 13.5. The third kappa shape index (κ3) is 3.62. The second-order valence-electron chi connectivity index (χ2n) is 5.68. The number of nitrogens with one attached hydrogen (secondary N) is 1. The van der Waals surface area contributed by atoms with Crippen LogP contribution in [0.2, 0.25) is 0 Å². The molecule has 1 aromatic rings. The van der Waals surface area contributed by atoms with Crippen molar-refractivity contribution in [2.45, 2.75) is 58.1 Å². The molecule has 0 aliphatic carbocycles. The van der Waals surface area contributed by atoms with Gasteiger partial charge in [0.05, 0.1) is 19.1 Å². The second-order valence-corrected chi connectivity index (χ2v) is 5.68. The molecule has 2 heterocycles. The Bertz CT molecular complexity index is 438. The van der Waals surface area contributed by atoms with Crippen LogP contribution in [0, 0.1) is 0 Å². The molecule has 0 saturated carbocycles. The maximum Gasteiger partial charge on any atom is 0.233 e. The standard InChI is InChI=1S/C15H27N3O3/c1-5-8-16-12-10-19-9-11(12)13-17-14(18-21-13)15(4,6-2)20-7-3/h11-12,16H,5-10H2,1-4H3. The van der Waals surface area contributed by atoms with E-state index < -0.39 is 5.60 Å². The van der Waals surface area contributed by atoms with E-state index in [-0.39, 0.29) is 12.0 Å². The Hall–Kier alpha value is -0.980. The zero-order valence-corrected chi connectivity index (χ0v) is 13.5. The summed E-state index contributed by atoms with van der Waals surface area (Å²) in [6, 6.07) is 0.248. The molecule has 1 N–H and O–H groups in total. The molecule has 0 spiro atoms. The van der Waals surface area contributed by atoms with Crippen molar-refractivity contribution in [1.29, 1.82) is 0 Å². The van der Waals surface area contributed by atoms with Crippen molar-refractivity contribution in [3.05, 3.63) is 11.7 Å². The number of aromatic nitrogens is 2. The minimum Gasteiger partial charge on any atom is -0.379 e. The summed E-state index contributed by atoms with van der Waals surface area (Å²) in [6.07, 6.45) is 1.90. The third-order valence-corrected chi connectivity index (χ3v) is 4.11. The molecule has 3 atom stereocenters. The lowest BCUT2D eigenvalue weighted by Crippen LogP contribution is -2.35. The normalized spacial score (nSPS) is 25.1. The van der Waals surface area contributed by atoms with Gasteiger partial charge in [-0.25, -0.2) is 0 Å². The van der Waals surface area contributed by atoms with Gasteiger partial charge >= 0.3 is 0 Å². The van der Waals surface area contributed by atoms with Crippen molar-refractivity contribution >= 4 is 0 Å². The molecule has 0 bridgehead atoms. The predicted octanol–water partition coefficient (Wildman–Crippen LogP) is 2.21. The Balaban J connectivity index is 2.11. The van der Waals surface area contributed by atoms with Gasteiger partial charge in [0, 0.05) is 12.6 Å². The molecule has 1 aromatic heterocycles.